The van der Waals surface area contributed by atoms with Gasteiger partial charge in [0.2, 0.25) is 0 Å². The molecule has 1 aromatic rings. The van der Waals surface area contributed by atoms with E-state index in [1.54, 1.807) is 0 Å². The van der Waals surface area contributed by atoms with Crippen LogP contribution in [0.5, 0.6) is 0 Å². The number of hydrogen-bond acceptors (Lipinski definition) is 2. The third-order valence-corrected chi connectivity index (χ3v) is 5.47. The SMILES string of the molecule is CNC1CC2CCCC(C1)N2c1cc(Cl)ccc1Br. The number of benzene rings is 1. The van der Waals surface area contributed by atoms with Crippen LogP contribution in [0.1, 0.15) is 32.1 Å². The molecule has 4 heteroatoms. The van der Waals surface area contributed by atoms with Gasteiger partial charge in [0.25, 0.3) is 0 Å². The van der Waals surface area contributed by atoms with E-state index in [2.05, 4.69) is 45.3 Å². The van der Waals surface area contributed by atoms with Gasteiger partial charge < -0.3 is 10.2 Å². The van der Waals surface area contributed by atoms with Crippen LogP contribution >= 0.6 is 27.5 Å². The summed E-state index contributed by atoms with van der Waals surface area (Å²) in [5.41, 5.74) is 1.27. The summed E-state index contributed by atoms with van der Waals surface area (Å²) < 4.78 is 1.16. The van der Waals surface area contributed by atoms with E-state index in [9.17, 15) is 0 Å². The Labute approximate surface area is 128 Å². The minimum absolute atomic E-state index is 0.653. The summed E-state index contributed by atoms with van der Waals surface area (Å²) in [4.78, 5) is 2.62. The maximum Gasteiger partial charge on any atom is 0.0530 e. The second kappa shape index (κ2) is 5.63. The fraction of sp³-hybridized carbons (Fsp3) is 0.600. The van der Waals surface area contributed by atoms with Crippen LogP contribution in [-0.2, 0) is 0 Å². The van der Waals surface area contributed by atoms with Crippen molar-refractivity contribution in [3.63, 3.8) is 0 Å². The lowest BCUT2D eigenvalue weighted by Gasteiger charge is -2.50. The smallest absolute Gasteiger partial charge is 0.0530 e. The fourth-order valence-corrected chi connectivity index (χ4v) is 4.31. The zero-order valence-electron chi connectivity index (χ0n) is 11.2. The molecule has 0 saturated carbocycles. The lowest BCUT2D eigenvalue weighted by atomic mass is 9.81. The maximum absolute atomic E-state index is 6.19. The molecule has 2 saturated heterocycles. The van der Waals surface area contributed by atoms with Gasteiger partial charge in [-0.25, -0.2) is 0 Å². The van der Waals surface area contributed by atoms with Crippen LogP contribution in [-0.4, -0.2) is 25.2 Å². The third kappa shape index (κ3) is 2.65. The summed E-state index contributed by atoms with van der Waals surface area (Å²) in [5.74, 6) is 0. The Morgan fingerprint density at radius 1 is 1.26 bits per heavy atom. The van der Waals surface area contributed by atoms with Crippen molar-refractivity contribution in [3.8, 4) is 0 Å². The van der Waals surface area contributed by atoms with E-state index in [1.165, 1.54) is 37.8 Å². The highest BCUT2D eigenvalue weighted by Gasteiger charge is 2.38. The molecular formula is C15H20BrClN2. The molecule has 1 aromatic carbocycles. The standard InChI is InChI=1S/C15H20BrClN2/c1-18-11-8-12-3-2-4-13(9-11)19(12)15-7-10(17)5-6-14(15)16/h5-7,11-13,18H,2-4,8-9H2,1H3. The van der Waals surface area contributed by atoms with E-state index >= 15 is 0 Å². The van der Waals surface area contributed by atoms with E-state index in [0.29, 0.717) is 18.1 Å². The highest BCUT2D eigenvalue weighted by atomic mass is 79.9. The van der Waals surface area contributed by atoms with Gasteiger partial charge in [0.15, 0.2) is 0 Å². The van der Waals surface area contributed by atoms with Crippen molar-refractivity contribution >= 4 is 33.2 Å². The van der Waals surface area contributed by atoms with Gasteiger partial charge >= 0.3 is 0 Å². The summed E-state index contributed by atoms with van der Waals surface area (Å²) in [6.07, 6.45) is 6.44. The lowest BCUT2D eigenvalue weighted by Crippen LogP contribution is -2.56. The minimum atomic E-state index is 0.653. The molecule has 2 aliphatic heterocycles. The number of nitrogens with zero attached hydrogens (tertiary/aromatic N) is 1. The number of nitrogens with one attached hydrogen (secondary N) is 1. The summed E-state index contributed by atoms with van der Waals surface area (Å²) in [6, 6.07) is 8.10. The Kier molecular flexibility index (Phi) is 4.06. The van der Waals surface area contributed by atoms with Crippen LogP contribution in [0.4, 0.5) is 5.69 Å². The fourth-order valence-electron chi connectivity index (χ4n) is 3.69. The van der Waals surface area contributed by atoms with Gasteiger partial charge in [-0.2, -0.15) is 0 Å². The van der Waals surface area contributed by atoms with Crippen molar-refractivity contribution in [2.45, 2.75) is 50.2 Å². The monoisotopic (exact) mass is 342 g/mol. The second-order valence-corrected chi connectivity index (χ2v) is 6.99. The number of anilines is 1. The van der Waals surface area contributed by atoms with Gasteiger partial charge in [0.05, 0.1) is 5.69 Å². The molecule has 1 N–H and O–H groups in total. The summed E-state index contributed by atoms with van der Waals surface area (Å²) >= 11 is 9.88. The molecule has 2 aliphatic rings. The quantitative estimate of drug-likeness (QED) is 0.865. The molecule has 104 valence electrons. The van der Waals surface area contributed by atoms with Crippen LogP contribution in [0.15, 0.2) is 22.7 Å². The number of fused-ring (bicyclic) bond motifs is 2. The third-order valence-electron chi connectivity index (χ3n) is 4.57. The average Bonchev–Trinajstić information content (AvgIpc) is 2.40. The highest BCUT2D eigenvalue weighted by molar-refractivity contribution is 9.10. The molecule has 2 nitrogen and oxygen atoms in total. The van der Waals surface area contributed by atoms with Gasteiger partial charge in [0.1, 0.15) is 0 Å². The minimum Gasteiger partial charge on any atom is -0.364 e. The van der Waals surface area contributed by atoms with E-state index in [1.807, 2.05) is 6.07 Å². The molecule has 0 radical (unpaired) electrons. The van der Waals surface area contributed by atoms with E-state index in [4.69, 9.17) is 11.6 Å². The number of halogens is 2. The first kappa shape index (κ1) is 13.7. The molecule has 0 aliphatic carbocycles. The van der Waals surface area contributed by atoms with Crippen molar-refractivity contribution in [2.75, 3.05) is 11.9 Å². The van der Waals surface area contributed by atoms with Crippen molar-refractivity contribution in [3.05, 3.63) is 27.7 Å². The van der Waals surface area contributed by atoms with E-state index in [0.717, 1.165) is 9.50 Å². The first-order chi connectivity index (χ1) is 9.19. The molecule has 19 heavy (non-hydrogen) atoms. The zero-order chi connectivity index (χ0) is 13.4. The van der Waals surface area contributed by atoms with Crippen LogP contribution < -0.4 is 10.2 Å². The normalized spacial score (nSPS) is 30.5. The molecule has 2 unspecified atom stereocenters. The molecule has 2 heterocycles. The van der Waals surface area contributed by atoms with Crippen LogP contribution in [0, 0.1) is 0 Å². The molecular weight excluding hydrogens is 324 g/mol. The number of piperidine rings is 2. The van der Waals surface area contributed by atoms with Crippen molar-refractivity contribution in [1.29, 1.82) is 0 Å². The molecule has 2 fully saturated rings. The van der Waals surface area contributed by atoms with Crippen molar-refractivity contribution in [1.82, 2.24) is 5.32 Å². The van der Waals surface area contributed by atoms with Crippen LogP contribution in [0.3, 0.4) is 0 Å². The Morgan fingerprint density at radius 3 is 2.58 bits per heavy atom. The predicted molar refractivity (Wildman–Crippen MR) is 85.1 cm³/mol. The van der Waals surface area contributed by atoms with E-state index < -0.39 is 0 Å². The number of rotatable bonds is 2. The molecule has 0 aromatic heterocycles. The van der Waals surface area contributed by atoms with Gasteiger partial charge in [-0.15, -0.1) is 0 Å². The lowest BCUT2D eigenvalue weighted by molar-refractivity contribution is 0.252. The molecule has 3 rings (SSSR count). The molecule has 0 spiro atoms. The summed E-state index contributed by atoms with van der Waals surface area (Å²) in [5, 5.41) is 4.29. The Morgan fingerprint density at radius 2 is 1.95 bits per heavy atom. The largest absolute Gasteiger partial charge is 0.364 e. The van der Waals surface area contributed by atoms with Crippen molar-refractivity contribution < 1.29 is 0 Å². The van der Waals surface area contributed by atoms with Gasteiger partial charge in [-0.3, -0.25) is 0 Å². The Hall–Kier alpha value is -0.250. The topological polar surface area (TPSA) is 15.3 Å². The summed E-state index contributed by atoms with van der Waals surface area (Å²) in [6.45, 7) is 0. The second-order valence-electron chi connectivity index (χ2n) is 5.70. The van der Waals surface area contributed by atoms with E-state index in [-0.39, 0.29) is 0 Å². The highest BCUT2D eigenvalue weighted by Crippen LogP contribution is 2.41. The van der Waals surface area contributed by atoms with Gasteiger partial charge in [-0.05, 0) is 73.3 Å². The predicted octanol–water partition coefficient (Wildman–Crippen LogP) is 4.21. The van der Waals surface area contributed by atoms with Gasteiger partial charge in [-0.1, -0.05) is 11.6 Å². The maximum atomic E-state index is 6.19. The Balaban J connectivity index is 1.93. The molecule has 2 bridgehead atoms. The first-order valence-corrected chi connectivity index (χ1v) is 8.27. The molecule has 0 amide bonds. The summed E-state index contributed by atoms with van der Waals surface area (Å²) in [7, 11) is 2.09. The molecule has 2 atom stereocenters. The van der Waals surface area contributed by atoms with Crippen LogP contribution in [0.2, 0.25) is 5.02 Å². The van der Waals surface area contributed by atoms with Crippen LogP contribution in [0.25, 0.3) is 0 Å². The van der Waals surface area contributed by atoms with Gasteiger partial charge in [0, 0.05) is 27.6 Å². The van der Waals surface area contributed by atoms with Crippen molar-refractivity contribution in [2.24, 2.45) is 0 Å². The Bertz CT molecular complexity index is 451. The first-order valence-electron chi connectivity index (χ1n) is 7.09. The average molecular weight is 344 g/mol. The number of hydrogen-bond donors (Lipinski definition) is 1. The zero-order valence-corrected chi connectivity index (χ0v) is 13.5.